The van der Waals surface area contributed by atoms with E-state index in [1.165, 1.54) is 49.0 Å². The highest BCUT2D eigenvalue weighted by Crippen LogP contribution is 2.47. The Hall–Kier alpha value is -6.96. The third kappa shape index (κ3) is 4.64. The Balaban J connectivity index is 1.19. The number of fused-ring (bicyclic) bond motifs is 7. The van der Waals surface area contributed by atoms with Gasteiger partial charge in [0.25, 0.3) is 0 Å². The van der Waals surface area contributed by atoms with Crippen molar-refractivity contribution in [3.63, 3.8) is 0 Å². The van der Waals surface area contributed by atoms with Crippen molar-refractivity contribution in [2.75, 3.05) is 0 Å². The fraction of sp³-hybridized carbons (Fsp3) is 0. The van der Waals surface area contributed by atoms with Gasteiger partial charge in [-0.1, -0.05) is 164 Å². The zero-order valence-electron chi connectivity index (χ0n) is 33.5. The van der Waals surface area contributed by atoms with Crippen LogP contribution in [0.2, 0.25) is 0 Å². The van der Waals surface area contributed by atoms with E-state index >= 15 is 0 Å². The Labute approximate surface area is 314 Å². The smallest absolute Gasteiger partial charge is 0.136 e. The van der Waals surface area contributed by atoms with Gasteiger partial charge in [-0.3, -0.25) is 0 Å². The molecular formula is C52H32O. The lowest BCUT2D eigenvalue weighted by Gasteiger charge is -2.20. The van der Waals surface area contributed by atoms with Gasteiger partial charge >= 0.3 is 0 Å². The first-order chi connectivity index (χ1) is 28.4. The first-order valence-corrected chi connectivity index (χ1v) is 17.8. The summed E-state index contributed by atoms with van der Waals surface area (Å²) < 4.78 is 48.9. The predicted octanol–water partition coefficient (Wildman–Crippen LogP) is 14.9. The normalized spacial score (nSPS) is 13.1. The molecule has 0 fully saturated rings. The van der Waals surface area contributed by atoms with Gasteiger partial charge in [-0.15, -0.1) is 0 Å². The van der Waals surface area contributed by atoms with Crippen molar-refractivity contribution in [2.24, 2.45) is 0 Å². The summed E-state index contributed by atoms with van der Waals surface area (Å²) in [5, 5.41) is 10.9. The molecule has 0 bridgehead atoms. The van der Waals surface area contributed by atoms with Crippen LogP contribution in [0.4, 0.5) is 0 Å². The molecule has 1 nitrogen and oxygen atoms in total. The van der Waals surface area contributed by atoms with Crippen molar-refractivity contribution in [3.8, 4) is 44.5 Å². The molecule has 0 amide bonds. The highest BCUT2D eigenvalue weighted by molar-refractivity contribution is 6.24. The van der Waals surface area contributed by atoms with Gasteiger partial charge in [-0.25, -0.2) is 0 Å². The first kappa shape index (κ1) is 25.1. The summed E-state index contributed by atoms with van der Waals surface area (Å²) in [6.07, 6.45) is 0. The monoisotopic (exact) mass is 677 g/mol. The molecule has 1 heteroatoms. The lowest BCUT2D eigenvalue weighted by atomic mass is 9.83. The topological polar surface area (TPSA) is 13.1 Å². The molecular weight excluding hydrogens is 641 g/mol. The fourth-order valence-corrected chi connectivity index (χ4v) is 8.45. The van der Waals surface area contributed by atoms with E-state index < -0.39 is 6.04 Å². The maximum Gasteiger partial charge on any atom is 0.136 e. The molecule has 0 unspecified atom stereocenters. The third-order valence-electron chi connectivity index (χ3n) is 10.7. The Morgan fingerprint density at radius 2 is 0.925 bits per heavy atom. The number of benzene rings is 10. The minimum Gasteiger partial charge on any atom is -0.456 e. The molecule has 0 saturated heterocycles. The molecule has 0 radical (unpaired) electrons. The van der Waals surface area contributed by atoms with E-state index in [-0.39, 0.29) is 29.7 Å². The van der Waals surface area contributed by atoms with Crippen LogP contribution in [-0.4, -0.2) is 0 Å². The predicted molar refractivity (Wildman–Crippen MR) is 225 cm³/mol. The van der Waals surface area contributed by atoms with E-state index in [1.54, 1.807) is 6.07 Å². The van der Waals surface area contributed by atoms with Crippen LogP contribution in [0, 0.1) is 0 Å². The second-order valence-corrected chi connectivity index (χ2v) is 13.6. The summed E-state index contributed by atoms with van der Waals surface area (Å²) >= 11 is 0. The fourth-order valence-electron chi connectivity index (χ4n) is 8.45. The minimum atomic E-state index is -0.416. The molecule has 246 valence electrons. The zero-order chi connectivity index (χ0) is 39.2. The highest BCUT2D eigenvalue weighted by atomic mass is 16.3. The maximum atomic E-state index is 8.79. The molecule has 0 aliphatic heterocycles. The van der Waals surface area contributed by atoms with Gasteiger partial charge in [0.15, 0.2) is 0 Å². The van der Waals surface area contributed by atoms with Gasteiger partial charge < -0.3 is 4.42 Å². The van der Waals surface area contributed by atoms with E-state index in [0.29, 0.717) is 22.1 Å². The second kappa shape index (κ2) is 11.8. The molecule has 0 aliphatic carbocycles. The maximum absolute atomic E-state index is 8.79. The number of hydrogen-bond acceptors (Lipinski definition) is 1. The van der Waals surface area contributed by atoms with Gasteiger partial charge in [0.05, 0.1) is 6.85 Å². The van der Waals surface area contributed by atoms with Gasteiger partial charge in [0, 0.05) is 10.8 Å². The largest absolute Gasteiger partial charge is 0.456 e. The molecule has 0 N–H and O–H groups in total. The Kier molecular flexibility index (Phi) is 5.58. The summed E-state index contributed by atoms with van der Waals surface area (Å²) in [4.78, 5) is 0. The third-order valence-corrected chi connectivity index (χ3v) is 10.7. The molecule has 0 aliphatic rings. The number of rotatable bonds is 4. The van der Waals surface area contributed by atoms with E-state index in [4.69, 9.17) is 11.3 Å². The lowest BCUT2D eigenvalue weighted by molar-refractivity contribution is 0.669. The Bertz CT molecular complexity index is 3440. The average molecular weight is 678 g/mol. The SMILES string of the molecule is [2H]c1c([2H])c([2H])c(-c2cccc3oc4ccc(-c5cc(-c6c7ccccc7c(-c7cccc8ccccc78)c7ccccc67)cc6ccccc56)cc4c23)c([2H])c1[2H]. The summed E-state index contributed by atoms with van der Waals surface area (Å²) in [6.45, 7) is 0. The molecule has 53 heavy (non-hydrogen) atoms. The van der Waals surface area contributed by atoms with Crippen molar-refractivity contribution in [3.05, 3.63) is 194 Å². The summed E-state index contributed by atoms with van der Waals surface area (Å²) in [6, 6.07) is 55.7. The van der Waals surface area contributed by atoms with Crippen molar-refractivity contribution in [1.82, 2.24) is 0 Å². The molecule has 11 aromatic rings. The van der Waals surface area contributed by atoms with Crippen molar-refractivity contribution >= 4 is 65.0 Å². The highest BCUT2D eigenvalue weighted by Gasteiger charge is 2.20. The quantitative estimate of drug-likeness (QED) is 0.169. The molecule has 1 aromatic heterocycles. The van der Waals surface area contributed by atoms with Crippen LogP contribution in [0.3, 0.4) is 0 Å². The second-order valence-electron chi connectivity index (χ2n) is 13.6. The Morgan fingerprint density at radius 1 is 0.340 bits per heavy atom. The van der Waals surface area contributed by atoms with Gasteiger partial charge in [0.2, 0.25) is 0 Å². The first-order valence-electron chi connectivity index (χ1n) is 20.3. The van der Waals surface area contributed by atoms with Crippen molar-refractivity contribution < 1.29 is 11.3 Å². The molecule has 1 heterocycles. The van der Waals surface area contributed by atoms with Crippen LogP contribution in [0.25, 0.3) is 110 Å². The van der Waals surface area contributed by atoms with Crippen molar-refractivity contribution in [1.29, 1.82) is 0 Å². The zero-order valence-corrected chi connectivity index (χ0v) is 28.5. The Morgan fingerprint density at radius 3 is 1.66 bits per heavy atom. The number of furan rings is 1. The van der Waals surface area contributed by atoms with Crippen LogP contribution >= 0.6 is 0 Å². The molecule has 0 spiro atoms. The standard InChI is InChI=1S/C52H32O/c1-2-14-34(15-3-1)40-25-13-27-49-52(40)47-31-36(28-29-48(47)53-49)46-32-37(30-35-17-5-7-20-39(35)46)50-42-21-8-10-23-44(42)51(45-24-11-9-22-43(45)50)41-26-12-18-33-16-4-6-19-38(33)41/h1-32H/i1D,2D,3D,14D,15D. The van der Waals surface area contributed by atoms with Crippen molar-refractivity contribution in [2.45, 2.75) is 0 Å². The van der Waals surface area contributed by atoms with Gasteiger partial charge in [-0.05, 0) is 118 Å². The van der Waals surface area contributed by atoms with E-state index in [1.807, 2.05) is 18.2 Å². The minimum absolute atomic E-state index is 0.155. The van der Waals surface area contributed by atoms with Gasteiger partial charge in [0.1, 0.15) is 11.2 Å². The summed E-state index contributed by atoms with van der Waals surface area (Å²) in [5.74, 6) is 0. The van der Waals surface area contributed by atoms with Crippen LogP contribution in [0.15, 0.2) is 198 Å². The lowest BCUT2D eigenvalue weighted by Crippen LogP contribution is -1.92. The number of hydrogen-bond donors (Lipinski definition) is 0. The molecule has 0 saturated carbocycles. The summed E-state index contributed by atoms with van der Waals surface area (Å²) in [7, 11) is 0. The van der Waals surface area contributed by atoms with Crippen LogP contribution in [-0.2, 0) is 0 Å². The summed E-state index contributed by atoms with van der Waals surface area (Å²) in [5.41, 5.74) is 8.65. The van der Waals surface area contributed by atoms with Crippen LogP contribution in [0.1, 0.15) is 6.85 Å². The van der Waals surface area contributed by atoms with E-state index in [0.717, 1.165) is 32.8 Å². The van der Waals surface area contributed by atoms with Crippen LogP contribution in [0.5, 0.6) is 0 Å². The van der Waals surface area contributed by atoms with Gasteiger partial charge in [-0.2, -0.15) is 0 Å². The average Bonchev–Trinajstić information content (AvgIpc) is 3.65. The molecule has 10 aromatic carbocycles. The molecule has 0 atom stereocenters. The van der Waals surface area contributed by atoms with E-state index in [2.05, 4.69) is 140 Å². The van der Waals surface area contributed by atoms with E-state index in [9.17, 15) is 0 Å². The molecule has 11 rings (SSSR count). The van der Waals surface area contributed by atoms with Crippen LogP contribution < -0.4 is 0 Å².